The zero-order valence-corrected chi connectivity index (χ0v) is 23.9. The average Bonchev–Trinajstić information content (AvgIpc) is 2.91. The van der Waals surface area contributed by atoms with E-state index in [9.17, 15) is 28.8 Å². The first-order chi connectivity index (χ1) is 19.1. The van der Waals surface area contributed by atoms with Gasteiger partial charge >= 0.3 is 11.9 Å². The van der Waals surface area contributed by atoms with E-state index >= 15 is 0 Å². The standard InChI is InChI=1S/C26H46N4O10/c1-4-6-7-8-11-19(3)40-17-24(34)29-14-21(31)28-15-22(32)30-20(26(37)39-5-2)12-9-10-13-27-23(33)16-38-18-25(35)36/h19-20H,4-18H2,1-3H3,(H,27,33)(H,28,31)(H,29,34)(H,30,32)(H,35,36)/t19?,20-/m0/s1. The van der Waals surface area contributed by atoms with Gasteiger partial charge in [-0.1, -0.05) is 32.6 Å². The van der Waals surface area contributed by atoms with Gasteiger partial charge in [0.25, 0.3) is 0 Å². The molecule has 0 rings (SSSR count). The summed E-state index contributed by atoms with van der Waals surface area (Å²) in [6, 6.07) is -0.945. The second-order valence-corrected chi connectivity index (χ2v) is 9.13. The first kappa shape index (κ1) is 36.7. The molecule has 4 amide bonds. The highest BCUT2D eigenvalue weighted by atomic mass is 16.5. The Balaban J connectivity index is 4.26. The molecule has 0 saturated heterocycles. The lowest BCUT2D eigenvalue weighted by Gasteiger charge is -2.17. The van der Waals surface area contributed by atoms with Crippen LogP contribution in [0.25, 0.3) is 0 Å². The molecule has 0 radical (unpaired) electrons. The predicted molar refractivity (Wildman–Crippen MR) is 144 cm³/mol. The summed E-state index contributed by atoms with van der Waals surface area (Å²) >= 11 is 0. The SMILES string of the molecule is CCCCCCC(C)OCC(=O)NCC(=O)NCC(=O)N[C@@H](CCCCNC(=O)COCC(=O)O)C(=O)OCC. The van der Waals surface area contributed by atoms with Crippen molar-refractivity contribution in [1.29, 1.82) is 0 Å². The fraction of sp³-hybridized carbons (Fsp3) is 0.769. The van der Waals surface area contributed by atoms with E-state index in [-0.39, 0.29) is 45.4 Å². The molecule has 0 aromatic rings. The van der Waals surface area contributed by atoms with E-state index in [1.54, 1.807) is 6.92 Å². The van der Waals surface area contributed by atoms with Crippen LogP contribution in [0.1, 0.15) is 72.1 Å². The number of unbranched alkanes of at least 4 members (excludes halogenated alkanes) is 4. The number of hydrogen-bond donors (Lipinski definition) is 5. The molecule has 0 spiro atoms. The Labute approximate surface area is 235 Å². The van der Waals surface area contributed by atoms with Crippen molar-refractivity contribution < 1.29 is 48.1 Å². The summed E-state index contributed by atoms with van der Waals surface area (Å²) < 4.78 is 15.2. The molecule has 0 fully saturated rings. The molecule has 1 unspecified atom stereocenters. The third-order valence-electron chi connectivity index (χ3n) is 5.46. The summed E-state index contributed by atoms with van der Waals surface area (Å²) in [5, 5.41) is 18.4. The van der Waals surface area contributed by atoms with Crippen molar-refractivity contribution >= 4 is 35.6 Å². The first-order valence-electron chi connectivity index (χ1n) is 13.8. The van der Waals surface area contributed by atoms with Gasteiger partial charge in [-0.25, -0.2) is 9.59 Å². The second kappa shape index (κ2) is 23.6. The third kappa shape index (κ3) is 21.6. The topological polar surface area (TPSA) is 198 Å². The van der Waals surface area contributed by atoms with Gasteiger partial charge in [-0.3, -0.25) is 19.2 Å². The van der Waals surface area contributed by atoms with E-state index in [1.807, 2.05) is 6.92 Å². The molecule has 0 aliphatic heterocycles. The van der Waals surface area contributed by atoms with E-state index < -0.39 is 54.8 Å². The Kier molecular flexibility index (Phi) is 21.7. The van der Waals surface area contributed by atoms with Crippen LogP contribution in [0.4, 0.5) is 0 Å². The number of carbonyl (C=O) groups excluding carboxylic acids is 5. The minimum atomic E-state index is -1.18. The van der Waals surface area contributed by atoms with Crippen LogP contribution in [0.2, 0.25) is 0 Å². The number of carboxylic acids is 1. The molecule has 2 atom stereocenters. The molecular weight excluding hydrogens is 528 g/mol. The fourth-order valence-electron chi connectivity index (χ4n) is 3.35. The van der Waals surface area contributed by atoms with Crippen LogP contribution < -0.4 is 21.3 Å². The van der Waals surface area contributed by atoms with Gasteiger partial charge in [-0.05, 0) is 39.5 Å². The van der Waals surface area contributed by atoms with Gasteiger partial charge in [0.05, 0.1) is 25.8 Å². The first-order valence-corrected chi connectivity index (χ1v) is 13.8. The fourth-order valence-corrected chi connectivity index (χ4v) is 3.35. The molecule has 0 aliphatic carbocycles. The third-order valence-corrected chi connectivity index (χ3v) is 5.46. The van der Waals surface area contributed by atoms with Crippen LogP contribution in [-0.4, -0.2) is 98.9 Å². The summed E-state index contributed by atoms with van der Waals surface area (Å²) in [5.41, 5.74) is 0. The number of aliphatic carboxylic acids is 1. The molecule has 5 N–H and O–H groups in total. The predicted octanol–water partition coefficient (Wildman–Crippen LogP) is 0.0299. The van der Waals surface area contributed by atoms with Crippen LogP contribution in [0.3, 0.4) is 0 Å². The van der Waals surface area contributed by atoms with E-state index in [2.05, 4.69) is 32.9 Å². The molecule has 0 aromatic heterocycles. The lowest BCUT2D eigenvalue weighted by atomic mass is 10.1. The molecule has 0 bridgehead atoms. The Hall–Kier alpha value is -3.26. The van der Waals surface area contributed by atoms with Crippen molar-refractivity contribution in [3.8, 4) is 0 Å². The Bertz CT molecular complexity index is 793. The van der Waals surface area contributed by atoms with E-state index in [0.29, 0.717) is 12.8 Å². The molecule has 14 heteroatoms. The maximum Gasteiger partial charge on any atom is 0.329 e. The molecule has 0 aliphatic rings. The van der Waals surface area contributed by atoms with E-state index in [0.717, 1.165) is 25.7 Å². The Morgan fingerprint density at radius 1 is 0.725 bits per heavy atom. The van der Waals surface area contributed by atoms with Gasteiger partial charge in [0.2, 0.25) is 23.6 Å². The van der Waals surface area contributed by atoms with Gasteiger partial charge < -0.3 is 40.6 Å². The molecule has 14 nitrogen and oxygen atoms in total. The van der Waals surface area contributed by atoms with Gasteiger partial charge in [0, 0.05) is 6.54 Å². The van der Waals surface area contributed by atoms with Crippen LogP contribution in [0, 0.1) is 0 Å². The summed E-state index contributed by atoms with van der Waals surface area (Å²) in [7, 11) is 0. The summed E-state index contributed by atoms with van der Waals surface area (Å²) in [4.78, 5) is 70.3. The lowest BCUT2D eigenvalue weighted by Crippen LogP contribution is -2.47. The smallest absolute Gasteiger partial charge is 0.329 e. The van der Waals surface area contributed by atoms with E-state index in [1.165, 1.54) is 6.42 Å². The normalized spacial score (nSPS) is 12.1. The van der Waals surface area contributed by atoms with Gasteiger partial charge in [0.1, 0.15) is 25.9 Å². The maximum absolute atomic E-state index is 12.3. The summed E-state index contributed by atoms with van der Waals surface area (Å²) in [6.07, 6.45) is 6.44. The Morgan fingerprint density at radius 2 is 1.38 bits per heavy atom. The highest BCUT2D eigenvalue weighted by Gasteiger charge is 2.22. The number of ether oxygens (including phenoxy) is 3. The zero-order valence-electron chi connectivity index (χ0n) is 23.9. The minimum Gasteiger partial charge on any atom is -0.480 e. The molecule has 0 heterocycles. The number of carboxylic acid groups (broad SMARTS) is 1. The van der Waals surface area contributed by atoms with Crippen LogP contribution >= 0.6 is 0 Å². The number of carbonyl (C=O) groups is 6. The summed E-state index contributed by atoms with van der Waals surface area (Å²) in [6.45, 7) is 4.21. The maximum atomic E-state index is 12.3. The number of nitrogens with one attached hydrogen (secondary N) is 4. The van der Waals surface area contributed by atoms with Gasteiger partial charge in [-0.15, -0.1) is 0 Å². The van der Waals surface area contributed by atoms with Crippen LogP contribution in [-0.2, 0) is 43.0 Å². The van der Waals surface area contributed by atoms with Crippen molar-refractivity contribution in [1.82, 2.24) is 21.3 Å². The molecule has 0 aromatic carbocycles. The highest BCUT2D eigenvalue weighted by molar-refractivity contribution is 5.90. The number of hydrogen-bond acceptors (Lipinski definition) is 9. The number of esters is 1. The lowest BCUT2D eigenvalue weighted by molar-refractivity contribution is -0.147. The van der Waals surface area contributed by atoms with Crippen molar-refractivity contribution in [3.05, 3.63) is 0 Å². The molecule has 0 saturated carbocycles. The quantitative estimate of drug-likeness (QED) is 0.0774. The zero-order chi connectivity index (χ0) is 30.2. The van der Waals surface area contributed by atoms with Crippen LogP contribution in [0.5, 0.6) is 0 Å². The van der Waals surface area contributed by atoms with Crippen LogP contribution in [0.15, 0.2) is 0 Å². The number of rotatable bonds is 24. The minimum absolute atomic E-state index is 0.0590. The largest absolute Gasteiger partial charge is 0.480 e. The second-order valence-electron chi connectivity index (χ2n) is 9.13. The van der Waals surface area contributed by atoms with Crippen molar-refractivity contribution in [2.45, 2.75) is 84.3 Å². The van der Waals surface area contributed by atoms with Gasteiger partial charge in [0.15, 0.2) is 0 Å². The number of amides is 4. The van der Waals surface area contributed by atoms with Crippen molar-refractivity contribution in [2.24, 2.45) is 0 Å². The van der Waals surface area contributed by atoms with Gasteiger partial charge in [-0.2, -0.15) is 0 Å². The van der Waals surface area contributed by atoms with E-state index in [4.69, 9.17) is 14.6 Å². The Morgan fingerprint density at radius 3 is 2.05 bits per heavy atom. The van der Waals surface area contributed by atoms with Crippen molar-refractivity contribution in [2.75, 3.05) is 46.1 Å². The summed E-state index contributed by atoms with van der Waals surface area (Å²) in [5.74, 6) is -3.89. The van der Waals surface area contributed by atoms with Crippen molar-refractivity contribution in [3.63, 3.8) is 0 Å². The average molecular weight is 575 g/mol. The molecule has 230 valence electrons. The highest BCUT2D eigenvalue weighted by Crippen LogP contribution is 2.07. The molecular formula is C26H46N4O10. The monoisotopic (exact) mass is 574 g/mol. The molecule has 40 heavy (non-hydrogen) atoms.